The van der Waals surface area contributed by atoms with Gasteiger partial charge in [-0.2, -0.15) is 0 Å². The molecular formula is C16H23N3O4S. The second-order valence-corrected chi connectivity index (χ2v) is 7.82. The number of sulfonamides is 1. The molecule has 7 nitrogen and oxygen atoms in total. The number of benzene rings is 1. The van der Waals surface area contributed by atoms with Gasteiger partial charge in [0.25, 0.3) is 0 Å². The Morgan fingerprint density at radius 1 is 1.29 bits per heavy atom. The molecule has 1 aromatic carbocycles. The Labute approximate surface area is 142 Å². The van der Waals surface area contributed by atoms with Crippen LogP contribution in [0.5, 0.6) is 0 Å². The molecule has 0 unspecified atom stereocenters. The summed E-state index contributed by atoms with van der Waals surface area (Å²) < 4.78 is 26.1. The Morgan fingerprint density at radius 2 is 1.92 bits per heavy atom. The second kappa shape index (κ2) is 7.31. The highest BCUT2D eigenvalue weighted by atomic mass is 32.2. The van der Waals surface area contributed by atoms with Gasteiger partial charge in [0.2, 0.25) is 21.8 Å². The monoisotopic (exact) mass is 353 g/mol. The van der Waals surface area contributed by atoms with Crippen LogP contribution in [0, 0.1) is 5.92 Å². The Morgan fingerprint density at radius 3 is 2.42 bits per heavy atom. The van der Waals surface area contributed by atoms with E-state index in [4.69, 9.17) is 0 Å². The van der Waals surface area contributed by atoms with Gasteiger partial charge in [-0.15, -0.1) is 0 Å². The van der Waals surface area contributed by atoms with Crippen LogP contribution in [-0.4, -0.2) is 44.3 Å². The van der Waals surface area contributed by atoms with Crippen molar-refractivity contribution in [3.8, 4) is 0 Å². The first-order valence-corrected chi connectivity index (χ1v) is 9.43. The highest BCUT2D eigenvalue weighted by Crippen LogP contribution is 2.22. The predicted molar refractivity (Wildman–Crippen MR) is 90.9 cm³/mol. The molecule has 2 amide bonds. The first-order valence-electron chi connectivity index (χ1n) is 7.94. The normalized spacial score (nSPS) is 18.2. The highest BCUT2D eigenvalue weighted by Gasteiger charge is 2.35. The van der Waals surface area contributed by atoms with Gasteiger partial charge in [-0.1, -0.05) is 6.92 Å². The molecule has 24 heavy (non-hydrogen) atoms. The molecule has 0 radical (unpaired) electrons. The lowest BCUT2D eigenvalue weighted by Gasteiger charge is -2.20. The lowest BCUT2D eigenvalue weighted by atomic mass is 10.1. The van der Waals surface area contributed by atoms with Gasteiger partial charge in [0.15, 0.2) is 0 Å². The van der Waals surface area contributed by atoms with E-state index in [0.29, 0.717) is 18.8 Å². The third-order valence-electron chi connectivity index (χ3n) is 3.92. The third kappa shape index (κ3) is 4.12. The molecule has 2 rings (SSSR count). The second-order valence-electron chi connectivity index (χ2n) is 6.06. The first kappa shape index (κ1) is 18.4. The minimum Gasteiger partial charge on any atom is -0.339 e. The van der Waals surface area contributed by atoms with Crippen LogP contribution in [0.25, 0.3) is 0 Å². The van der Waals surface area contributed by atoms with E-state index < -0.39 is 10.0 Å². The van der Waals surface area contributed by atoms with Gasteiger partial charge < -0.3 is 10.2 Å². The van der Waals surface area contributed by atoms with Crippen LogP contribution >= 0.6 is 0 Å². The number of carbonyl (C=O) groups excluding carboxylic acids is 2. The summed E-state index contributed by atoms with van der Waals surface area (Å²) in [6.45, 7) is 6.26. The molecule has 1 saturated heterocycles. The lowest BCUT2D eigenvalue weighted by molar-refractivity contribution is -0.129. The van der Waals surface area contributed by atoms with Crippen molar-refractivity contribution in [1.29, 1.82) is 0 Å². The Balaban J connectivity index is 2.02. The van der Waals surface area contributed by atoms with Crippen molar-refractivity contribution in [2.45, 2.75) is 38.1 Å². The van der Waals surface area contributed by atoms with Crippen molar-refractivity contribution in [3.63, 3.8) is 0 Å². The number of anilines is 1. The number of amides is 2. The molecule has 1 fully saturated rings. The van der Waals surface area contributed by atoms with E-state index in [0.717, 1.165) is 0 Å². The summed E-state index contributed by atoms with van der Waals surface area (Å²) in [6, 6.07) is 6.03. The van der Waals surface area contributed by atoms with Crippen molar-refractivity contribution < 1.29 is 18.0 Å². The molecule has 2 N–H and O–H groups in total. The van der Waals surface area contributed by atoms with Crippen LogP contribution < -0.4 is 10.0 Å². The van der Waals surface area contributed by atoms with Gasteiger partial charge in [-0.05, 0) is 38.1 Å². The van der Waals surface area contributed by atoms with E-state index in [1.54, 1.807) is 24.0 Å². The number of hydrogen-bond acceptors (Lipinski definition) is 4. The lowest BCUT2D eigenvalue weighted by Crippen LogP contribution is -2.33. The molecule has 0 spiro atoms. The molecule has 0 aliphatic carbocycles. The molecule has 1 heterocycles. The zero-order valence-corrected chi connectivity index (χ0v) is 14.9. The number of nitrogens with zero attached hydrogens (tertiary/aromatic N) is 1. The minimum atomic E-state index is -3.51. The van der Waals surface area contributed by atoms with Crippen LogP contribution in [0.3, 0.4) is 0 Å². The van der Waals surface area contributed by atoms with E-state index in [2.05, 4.69) is 10.0 Å². The number of hydrogen-bond donors (Lipinski definition) is 2. The molecule has 8 heteroatoms. The summed E-state index contributed by atoms with van der Waals surface area (Å²) in [5.41, 5.74) is 0.505. The van der Waals surface area contributed by atoms with Crippen molar-refractivity contribution in [3.05, 3.63) is 24.3 Å². The van der Waals surface area contributed by atoms with Gasteiger partial charge >= 0.3 is 0 Å². The van der Waals surface area contributed by atoms with E-state index in [9.17, 15) is 18.0 Å². The van der Waals surface area contributed by atoms with E-state index in [-0.39, 0.29) is 35.1 Å². The first-order chi connectivity index (χ1) is 11.2. The Kier molecular flexibility index (Phi) is 5.61. The minimum absolute atomic E-state index is 0.0165. The maximum absolute atomic E-state index is 12.3. The van der Waals surface area contributed by atoms with Crippen LogP contribution in [0.4, 0.5) is 5.69 Å². The van der Waals surface area contributed by atoms with Gasteiger partial charge in [0.05, 0.1) is 10.8 Å². The molecule has 0 bridgehead atoms. The highest BCUT2D eigenvalue weighted by molar-refractivity contribution is 7.89. The van der Waals surface area contributed by atoms with Gasteiger partial charge in [-0.3, -0.25) is 9.59 Å². The number of rotatable bonds is 6. The summed E-state index contributed by atoms with van der Waals surface area (Å²) in [5, 5.41) is 2.74. The molecule has 1 aromatic rings. The molecule has 1 aliphatic rings. The average Bonchev–Trinajstić information content (AvgIpc) is 2.90. The topological polar surface area (TPSA) is 95.6 Å². The van der Waals surface area contributed by atoms with Gasteiger partial charge in [-0.25, -0.2) is 13.1 Å². The zero-order chi connectivity index (χ0) is 17.9. The van der Waals surface area contributed by atoms with Crippen LogP contribution in [0.2, 0.25) is 0 Å². The van der Waals surface area contributed by atoms with Gasteiger partial charge in [0, 0.05) is 31.2 Å². The summed E-state index contributed by atoms with van der Waals surface area (Å²) in [5.74, 6) is -0.629. The molecule has 132 valence electrons. The fourth-order valence-electron chi connectivity index (χ4n) is 2.64. The number of carbonyl (C=O) groups is 2. The van der Waals surface area contributed by atoms with Crippen LogP contribution in [0.1, 0.15) is 27.2 Å². The van der Waals surface area contributed by atoms with Crippen molar-refractivity contribution in [2.24, 2.45) is 5.92 Å². The van der Waals surface area contributed by atoms with Crippen molar-refractivity contribution >= 4 is 27.5 Å². The number of nitrogens with one attached hydrogen (secondary N) is 2. The fourth-order valence-corrected chi connectivity index (χ4v) is 3.68. The molecule has 1 aliphatic heterocycles. The van der Waals surface area contributed by atoms with E-state index in [1.165, 1.54) is 12.1 Å². The predicted octanol–water partition coefficient (Wildman–Crippen LogP) is 1.18. The maximum atomic E-state index is 12.3. The Hall–Kier alpha value is -1.93. The maximum Gasteiger partial charge on any atom is 0.240 e. The van der Waals surface area contributed by atoms with E-state index >= 15 is 0 Å². The van der Waals surface area contributed by atoms with Crippen LogP contribution in [-0.2, 0) is 19.6 Å². The standard InChI is InChI=1S/C16H23N3O4S/c1-4-17-24(22,23)14-7-5-13(6-8-14)18-16(21)12-9-15(20)19(10-12)11(2)3/h5-8,11-12,17H,4,9-10H2,1-3H3,(H,18,21)/t12-/m0/s1. The molecular weight excluding hydrogens is 330 g/mol. The van der Waals surface area contributed by atoms with Crippen molar-refractivity contribution in [1.82, 2.24) is 9.62 Å². The van der Waals surface area contributed by atoms with Gasteiger partial charge in [0.1, 0.15) is 0 Å². The van der Waals surface area contributed by atoms with Crippen LogP contribution in [0.15, 0.2) is 29.2 Å². The fraction of sp³-hybridized carbons (Fsp3) is 0.500. The SMILES string of the molecule is CCNS(=O)(=O)c1ccc(NC(=O)[C@H]2CC(=O)N(C(C)C)C2)cc1. The number of likely N-dealkylation sites (tertiary alicyclic amines) is 1. The summed E-state index contributed by atoms with van der Waals surface area (Å²) in [7, 11) is -3.51. The Bertz CT molecular complexity index is 713. The largest absolute Gasteiger partial charge is 0.339 e. The zero-order valence-electron chi connectivity index (χ0n) is 14.1. The van der Waals surface area contributed by atoms with Crippen molar-refractivity contribution in [2.75, 3.05) is 18.4 Å². The molecule has 0 saturated carbocycles. The molecule has 0 aromatic heterocycles. The average molecular weight is 353 g/mol. The summed E-state index contributed by atoms with van der Waals surface area (Å²) in [6.07, 6.45) is 0.205. The third-order valence-corrected chi connectivity index (χ3v) is 5.48. The summed E-state index contributed by atoms with van der Waals surface area (Å²) in [4.78, 5) is 26.0. The molecule has 1 atom stereocenters. The smallest absolute Gasteiger partial charge is 0.240 e. The summed E-state index contributed by atoms with van der Waals surface area (Å²) >= 11 is 0. The quantitative estimate of drug-likeness (QED) is 0.803. The van der Waals surface area contributed by atoms with E-state index in [1.807, 2.05) is 13.8 Å².